The van der Waals surface area contributed by atoms with Crippen LogP contribution in [0, 0.1) is 34.6 Å². The Morgan fingerprint density at radius 2 is 1.64 bits per heavy atom. The fourth-order valence-corrected chi connectivity index (χ4v) is 7.76. The number of nitrogens with one attached hydrogen (secondary N) is 1. The molecule has 0 aromatic heterocycles. The minimum Gasteiger partial charge on any atom is -0.497 e. The molecule has 4 aromatic carbocycles. The van der Waals surface area contributed by atoms with Crippen molar-refractivity contribution >= 4 is 47.1 Å². The number of carbonyl (C=O) groups is 2. The number of carboxylic acid groups (broad SMARTS) is 1. The zero-order chi connectivity index (χ0) is 32.2. The molecule has 0 fully saturated rings. The number of carboxylic acids is 1. The molecule has 4 aromatic rings. The summed E-state index contributed by atoms with van der Waals surface area (Å²) in [7, 11) is 1.62. The molecule has 1 heterocycles. The first-order valence-corrected chi connectivity index (χ1v) is 16.5. The Balaban J connectivity index is 1.51. The Bertz CT molecular complexity index is 1720. The molecule has 234 valence electrons. The Morgan fingerprint density at radius 1 is 0.933 bits per heavy atom. The maximum Gasteiger partial charge on any atom is 0.324 e. The summed E-state index contributed by atoms with van der Waals surface area (Å²) in [6, 6.07) is 23.4. The van der Waals surface area contributed by atoms with Crippen LogP contribution >= 0.6 is 23.9 Å². The van der Waals surface area contributed by atoms with Crippen LogP contribution in [0.15, 0.2) is 82.6 Å². The summed E-state index contributed by atoms with van der Waals surface area (Å²) in [6.07, 6.45) is 0.673. The summed E-state index contributed by atoms with van der Waals surface area (Å²) < 4.78 is 10.5. The first-order chi connectivity index (χ1) is 21.5. The zero-order valence-electron chi connectivity index (χ0n) is 26.5. The number of rotatable bonds is 11. The highest BCUT2D eigenvalue weighted by Gasteiger charge is 2.35. The number of carbonyl (C=O) groups excluding carboxylic acids is 1. The van der Waals surface area contributed by atoms with Crippen molar-refractivity contribution in [3.63, 3.8) is 0 Å². The second-order valence-corrected chi connectivity index (χ2v) is 13.4. The summed E-state index contributed by atoms with van der Waals surface area (Å²) >= 11 is 2.78. The van der Waals surface area contributed by atoms with Crippen LogP contribution in [0.5, 0.6) is 5.75 Å². The van der Waals surface area contributed by atoms with Crippen molar-refractivity contribution in [3.8, 4) is 5.75 Å². The van der Waals surface area contributed by atoms with E-state index in [2.05, 4.69) is 55.5 Å². The van der Waals surface area contributed by atoms with E-state index in [-0.39, 0.29) is 12.5 Å². The van der Waals surface area contributed by atoms with Gasteiger partial charge in [-0.1, -0.05) is 53.6 Å². The molecular weight excluding hydrogens is 603 g/mol. The van der Waals surface area contributed by atoms with Gasteiger partial charge >= 0.3 is 5.97 Å². The molecule has 0 bridgehead atoms. The molecule has 0 spiro atoms. The van der Waals surface area contributed by atoms with Gasteiger partial charge in [-0.15, -0.1) is 0 Å². The van der Waals surface area contributed by atoms with Crippen molar-refractivity contribution in [1.29, 1.82) is 0 Å². The minimum atomic E-state index is -0.908. The van der Waals surface area contributed by atoms with Gasteiger partial charge in [-0.3, -0.25) is 14.3 Å². The van der Waals surface area contributed by atoms with Crippen LogP contribution in [0.4, 0.5) is 11.4 Å². The molecule has 1 aliphatic heterocycles. The van der Waals surface area contributed by atoms with Crippen LogP contribution in [0.3, 0.4) is 0 Å². The molecule has 0 saturated carbocycles. The molecule has 9 heteroatoms. The molecule has 45 heavy (non-hydrogen) atoms. The number of benzene rings is 4. The van der Waals surface area contributed by atoms with Crippen LogP contribution in [0.2, 0.25) is 0 Å². The predicted molar refractivity (Wildman–Crippen MR) is 185 cm³/mol. The lowest BCUT2D eigenvalue weighted by Crippen LogP contribution is -2.37. The number of nitrogens with zero attached hydrogens (tertiary/aromatic N) is 2. The molecule has 2 N–H and O–H groups in total. The first kappa shape index (κ1) is 32.3. The molecule has 7 nitrogen and oxygen atoms in total. The van der Waals surface area contributed by atoms with Crippen molar-refractivity contribution < 1.29 is 19.4 Å². The lowest BCUT2D eigenvalue weighted by Gasteiger charge is -2.31. The largest absolute Gasteiger partial charge is 0.497 e. The van der Waals surface area contributed by atoms with Gasteiger partial charge in [0.1, 0.15) is 18.3 Å². The normalized spacial score (nSPS) is 12.9. The van der Waals surface area contributed by atoms with Crippen LogP contribution in [-0.4, -0.2) is 37.2 Å². The SMILES string of the molecule is COc1cccc(C(C(=O)NSc2ccc(C)cc2C)N2CCc3c(N(CC(=O)O)Sc4c(C)cc(C)cc4C)cccc32)c1. The fourth-order valence-electron chi connectivity index (χ4n) is 6.01. The third-order valence-electron chi connectivity index (χ3n) is 7.95. The third kappa shape index (κ3) is 7.26. The second-order valence-electron chi connectivity index (χ2n) is 11.5. The molecule has 0 saturated heterocycles. The van der Waals surface area contributed by atoms with Crippen LogP contribution in [-0.2, 0) is 16.0 Å². The third-order valence-corrected chi connectivity index (χ3v) is 10.3. The Labute approximate surface area is 274 Å². The smallest absolute Gasteiger partial charge is 0.324 e. The highest BCUT2D eigenvalue weighted by Crippen LogP contribution is 2.44. The van der Waals surface area contributed by atoms with E-state index in [0.29, 0.717) is 18.7 Å². The summed E-state index contributed by atoms with van der Waals surface area (Å²) in [6.45, 7) is 10.7. The van der Waals surface area contributed by atoms with Gasteiger partial charge in [-0.05, 0) is 118 Å². The molecule has 1 unspecified atom stereocenters. The van der Waals surface area contributed by atoms with Crippen molar-refractivity contribution in [2.75, 3.05) is 29.4 Å². The minimum absolute atomic E-state index is 0.144. The monoisotopic (exact) mass is 641 g/mol. The Kier molecular flexibility index (Phi) is 9.99. The highest BCUT2D eigenvalue weighted by atomic mass is 32.2. The van der Waals surface area contributed by atoms with Gasteiger partial charge in [-0.25, -0.2) is 0 Å². The zero-order valence-corrected chi connectivity index (χ0v) is 28.1. The molecule has 1 amide bonds. The van der Waals surface area contributed by atoms with Gasteiger partial charge in [-0.2, -0.15) is 0 Å². The standard InChI is InChI=1S/C36H39N3O4S2/c1-22-13-14-32(24(3)17-22)44-37-36(42)34(27-9-7-10-28(20-27)43-6)38-16-15-29-30(38)11-8-12-31(29)39(21-33(40)41)45-35-25(4)18-23(2)19-26(35)5/h7-14,17-20,34H,15-16,21H2,1-6H3,(H,37,42)(H,40,41). The second kappa shape index (κ2) is 13.9. The van der Waals surface area contributed by atoms with E-state index in [1.54, 1.807) is 7.11 Å². The fraction of sp³-hybridized carbons (Fsp3) is 0.278. The summed E-state index contributed by atoms with van der Waals surface area (Å²) in [5.74, 6) is -0.378. The molecule has 1 aliphatic rings. The Hall–Kier alpha value is -4.08. The van der Waals surface area contributed by atoms with E-state index in [9.17, 15) is 14.7 Å². The predicted octanol–water partition coefficient (Wildman–Crippen LogP) is 7.76. The van der Waals surface area contributed by atoms with E-state index in [4.69, 9.17) is 4.74 Å². The summed E-state index contributed by atoms with van der Waals surface area (Å²) in [5, 5.41) is 9.92. The Morgan fingerprint density at radius 3 is 2.33 bits per heavy atom. The van der Waals surface area contributed by atoms with E-state index in [0.717, 1.165) is 49.0 Å². The number of amides is 1. The quantitative estimate of drug-likeness (QED) is 0.161. The van der Waals surface area contributed by atoms with Gasteiger partial charge in [0.2, 0.25) is 0 Å². The molecule has 0 radical (unpaired) electrons. The molecule has 1 atom stereocenters. The highest BCUT2D eigenvalue weighted by molar-refractivity contribution is 8.00. The number of hydrogen-bond acceptors (Lipinski definition) is 7. The van der Waals surface area contributed by atoms with Crippen LogP contribution in [0.25, 0.3) is 0 Å². The van der Waals surface area contributed by atoms with Gasteiger partial charge < -0.3 is 19.0 Å². The first-order valence-electron chi connectivity index (χ1n) is 14.9. The molecule has 5 rings (SSSR count). The average molecular weight is 642 g/mol. The summed E-state index contributed by atoms with van der Waals surface area (Å²) in [4.78, 5) is 30.4. The van der Waals surface area contributed by atoms with Gasteiger partial charge in [0.15, 0.2) is 0 Å². The van der Waals surface area contributed by atoms with E-state index < -0.39 is 12.0 Å². The van der Waals surface area contributed by atoms with Crippen molar-refractivity contribution in [3.05, 3.63) is 112 Å². The lowest BCUT2D eigenvalue weighted by molar-refractivity contribution is -0.135. The maximum absolute atomic E-state index is 14.1. The molecular formula is C36H39N3O4S2. The topological polar surface area (TPSA) is 82.1 Å². The number of hydrogen-bond donors (Lipinski definition) is 2. The molecule has 0 aliphatic carbocycles. The van der Waals surface area contributed by atoms with Gasteiger partial charge in [0, 0.05) is 27.6 Å². The lowest BCUT2D eigenvalue weighted by atomic mass is 10.0. The van der Waals surface area contributed by atoms with E-state index >= 15 is 0 Å². The number of anilines is 2. The maximum atomic E-state index is 14.1. The number of fused-ring (bicyclic) bond motifs is 1. The van der Waals surface area contributed by atoms with Crippen molar-refractivity contribution in [1.82, 2.24) is 4.72 Å². The van der Waals surface area contributed by atoms with Crippen LogP contribution < -0.4 is 18.7 Å². The van der Waals surface area contributed by atoms with Crippen molar-refractivity contribution in [2.45, 2.75) is 56.9 Å². The average Bonchev–Trinajstić information content (AvgIpc) is 3.42. The number of methoxy groups -OCH3 is 1. The van der Waals surface area contributed by atoms with Crippen molar-refractivity contribution in [2.24, 2.45) is 0 Å². The summed E-state index contributed by atoms with van der Waals surface area (Å²) in [5.41, 5.74) is 9.26. The van der Waals surface area contributed by atoms with E-state index in [1.807, 2.05) is 65.8 Å². The number of ether oxygens (including phenoxy) is 1. The van der Waals surface area contributed by atoms with E-state index in [1.165, 1.54) is 35.0 Å². The van der Waals surface area contributed by atoms with Gasteiger partial charge in [0.05, 0.1) is 12.8 Å². The number of aryl methyl sites for hydroxylation is 5. The van der Waals surface area contributed by atoms with Crippen LogP contribution in [0.1, 0.15) is 45.0 Å². The van der Waals surface area contributed by atoms with Gasteiger partial charge in [0.25, 0.3) is 5.91 Å². The number of aliphatic carboxylic acids is 1.